The Balaban J connectivity index is 1.45. The summed E-state index contributed by atoms with van der Waals surface area (Å²) in [7, 11) is 0. The van der Waals surface area contributed by atoms with Gasteiger partial charge in [0.1, 0.15) is 5.75 Å². The minimum absolute atomic E-state index is 0.0539. The number of benzene rings is 2. The maximum Gasteiger partial charge on any atom is 0.223 e. The average molecular weight is 352 g/mol. The number of para-hydroxylation sites is 1. The van der Waals surface area contributed by atoms with Crippen molar-refractivity contribution in [1.29, 1.82) is 0 Å². The number of rotatable bonds is 9. The lowest BCUT2D eigenvalue weighted by molar-refractivity contribution is -0.121. The quantitative estimate of drug-likeness (QED) is 0.753. The normalized spacial score (nSPS) is 15.5. The van der Waals surface area contributed by atoms with Gasteiger partial charge >= 0.3 is 0 Å². The summed E-state index contributed by atoms with van der Waals surface area (Å²) in [5, 5.41) is 3.11. The van der Waals surface area contributed by atoms with Crippen LogP contribution in [0.2, 0.25) is 0 Å². The minimum Gasteiger partial charge on any atom is -0.493 e. The van der Waals surface area contributed by atoms with Gasteiger partial charge in [0.05, 0.1) is 13.0 Å². The Morgan fingerprint density at radius 2 is 1.65 bits per heavy atom. The molecule has 0 aromatic heterocycles. The van der Waals surface area contributed by atoms with E-state index in [1.165, 1.54) is 18.4 Å². The fraction of sp³-hybridized carbons (Fsp3) is 0.409. The van der Waals surface area contributed by atoms with Crippen LogP contribution >= 0.6 is 0 Å². The molecule has 4 nitrogen and oxygen atoms in total. The van der Waals surface area contributed by atoms with Gasteiger partial charge in [0.2, 0.25) is 5.91 Å². The zero-order valence-corrected chi connectivity index (χ0v) is 15.3. The molecule has 138 valence electrons. The van der Waals surface area contributed by atoms with Crippen LogP contribution in [0.1, 0.15) is 24.8 Å². The van der Waals surface area contributed by atoms with Crippen LogP contribution < -0.4 is 10.1 Å². The second kappa shape index (κ2) is 9.97. The largest absolute Gasteiger partial charge is 0.493 e. The minimum atomic E-state index is 0.0539. The van der Waals surface area contributed by atoms with Crippen LogP contribution in [0.15, 0.2) is 60.7 Å². The summed E-state index contributed by atoms with van der Waals surface area (Å²) in [5.74, 6) is 0.859. The molecule has 1 unspecified atom stereocenters. The van der Waals surface area contributed by atoms with Crippen molar-refractivity contribution in [2.45, 2.75) is 31.7 Å². The highest BCUT2D eigenvalue weighted by molar-refractivity contribution is 5.76. The van der Waals surface area contributed by atoms with Gasteiger partial charge in [0, 0.05) is 12.6 Å². The first-order chi connectivity index (χ1) is 12.8. The van der Waals surface area contributed by atoms with Crippen LogP contribution in [0, 0.1) is 0 Å². The Labute approximate surface area is 156 Å². The first-order valence-corrected chi connectivity index (χ1v) is 9.54. The number of ether oxygens (including phenoxy) is 1. The second-order valence-corrected chi connectivity index (χ2v) is 6.80. The van der Waals surface area contributed by atoms with Crippen molar-refractivity contribution in [2.24, 2.45) is 0 Å². The molecule has 1 N–H and O–H groups in total. The third-order valence-electron chi connectivity index (χ3n) is 4.85. The zero-order chi connectivity index (χ0) is 18.0. The summed E-state index contributed by atoms with van der Waals surface area (Å²) in [6.45, 7) is 3.36. The Hall–Kier alpha value is -2.33. The molecule has 1 saturated heterocycles. The van der Waals surface area contributed by atoms with Gasteiger partial charge < -0.3 is 10.1 Å². The Bertz CT molecular complexity index is 654. The molecule has 0 saturated carbocycles. The van der Waals surface area contributed by atoms with E-state index in [9.17, 15) is 4.79 Å². The molecule has 1 aliphatic heterocycles. The maximum atomic E-state index is 12.2. The second-order valence-electron chi connectivity index (χ2n) is 6.80. The summed E-state index contributed by atoms with van der Waals surface area (Å²) in [4.78, 5) is 14.7. The lowest BCUT2D eigenvalue weighted by Crippen LogP contribution is -2.44. The molecular formula is C22H28N2O2. The molecule has 1 heterocycles. The Kier molecular flexibility index (Phi) is 7.08. The summed E-state index contributed by atoms with van der Waals surface area (Å²) < 4.78 is 5.61. The average Bonchev–Trinajstić information content (AvgIpc) is 3.21. The van der Waals surface area contributed by atoms with Gasteiger partial charge in [-0.15, -0.1) is 0 Å². The predicted octanol–water partition coefficient (Wildman–Crippen LogP) is 3.28. The number of likely N-dealkylation sites (tertiary alicyclic amines) is 1. The van der Waals surface area contributed by atoms with E-state index in [1.54, 1.807) is 0 Å². The van der Waals surface area contributed by atoms with Gasteiger partial charge in [0.25, 0.3) is 0 Å². The van der Waals surface area contributed by atoms with Crippen LogP contribution in [0.5, 0.6) is 5.75 Å². The number of amides is 1. The van der Waals surface area contributed by atoms with Crippen molar-refractivity contribution in [3.63, 3.8) is 0 Å². The van der Waals surface area contributed by atoms with Gasteiger partial charge in [-0.25, -0.2) is 0 Å². The van der Waals surface area contributed by atoms with E-state index in [4.69, 9.17) is 4.74 Å². The smallest absolute Gasteiger partial charge is 0.223 e. The van der Waals surface area contributed by atoms with Crippen LogP contribution in [0.4, 0.5) is 0 Å². The molecule has 2 aromatic rings. The molecule has 1 aliphatic rings. The van der Waals surface area contributed by atoms with Gasteiger partial charge in [-0.05, 0) is 50.0 Å². The van der Waals surface area contributed by atoms with Gasteiger partial charge in [-0.3, -0.25) is 9.69 Å². The summed E-state index contributed by atoms with van der Waals surface area (Å²) in [5.41, 5.74) is 1.33. The highest BCUT2D eigenvalue weighted by Gasteiger charge is 2.22. The number of carbonyl (C=O) groups is 1. The van der Waals surface area contributed by atoms with Crippen LogP contribution in [0.25, 0.3) is 0 Å². The van der Waals surface area contributed by atoms with Crippen molar-refractivity contribution in [3.05, 3.63) is 66.2 Å². The molecule has 1 fully saturated rings. The molecule has 3 rings (SSSR count). The molecular weight excluding hydrogens is 324 g/mol. The molecule has 0 spiro atoms. The van der Waals surface area contributed by atoms with E-state index in [1.807, 2.05) is 36.4 Å². The third-order valence-corrected chi connectivity index (χ3v) is 4.85. The lowest BCUT2D eigenvalue weighted by Gasteiger charge is -2.28. The van der Waals surface area contributed by atoms with Crippen molar-refractivity contribution >= 4 is 5.91 Å². The van der Waals surface area contributed by atoms with Crippen molar-refractivity contribution in [3.8, 4) is 5.75 Å². The highest BCUT2D eigenvalue weighted by Crippen LogP contribution is 2.15. The van der Waals surface area contributed by atoms with E-state index >= 15 is 0 Å². The first-order valence-electron chi connectivity index (χ1n) is 9.54. The van der Waals surface area contributed by atoms with Crippen molar-refractivity contribution < 1.29 is 9.53 Å². The number of carbonyl (C=O) groups excluding carboxylic acids is 1. The zero-order valence-electron chi connectivity index (χ0n) is 15.3. The molecule has 2 aromatic carbocycles. The van der Waals surface area contributed by atoms with Crippen LogP contribution in [-0.2, 0) is 11.2 Å². The Morgan fingerprint density at radius 1 is 1.00 bits per heavy atom. The van der Waals surface area contributed by atoms with Crippen LogP contribution in [0.3, 0.4) is 0 Å². The molecule has 26 heavy (non-hydrogen) atoms. The van der Waals surface area contributed by atoms with E-state index in [0.29, 0.717) is 25.6 Å². The predicted molar refractivity (Wildman–Crippen MR) is 104 cm³/mol. The maximum absolute atomic E-state index is 12.2. The first kappa shape index (κ1) is 18.5. The fourth-order valence-corrected chi connectivity index (χ4v) is 3.42. The Morgan fingerprint density at radius 3 is 2.35 bits per heavy atom. The standard InChI is InChI=1S/C22H28N2O2/c25-22(13-16-26-21-11-5-2-6-12-21)23-18-20(24-14-7-8-15-24)17-19-9-3-1-4-10-19/h1-6,9-12,20H,7-8,13-18H2,(H,23,25). The molecule has 0 aliphatic carbocycles. The van der Waals surface area contributed by atoms with E-state index < -0.39 is 0 Å². The SMILES string of the molecule is O=C(CCOc1ccccc1)NCC(Cc1ccccc1)N1CCCC1. The molecule has 4 heteroatoms. The third kappa shape index (κ3) is 5.88. The number of hydrogen-bond donors (Lipinski definition) is 1. The van der Waals surface area contributed by atoms with E-state index in [2.05, 4.69) is 34.5 Å². The van der Waals surface area contributed by atoms with E-state index in [-0.39, 0.29) is 5.91 Å². The molecule has 0 bridgehead atoms. The molecule has 1 amide bonds. The topological polar surface area (TPSA) is 41.6 Å². The monoisotopic (exact) mass is 352 g/mol. The van der Waals surface area contributed by atoms with Gasteiger partial charge in [0.15, 0.2) is 0 Å². The van der Waals surface area contributed by atoms with Gasteiger partial charge in [-0.1, -0.05) is 48.5 Å². The molecule has 1 atom stereocenters. The summed E-state index contributed by atoms with van der Waals surface area (Å²) in [6, 6.07) is 20.5. The fourth-order valence-electron chi connectivity index (χ4n) is 3.42. The van der Waals surface area contributed by atoms with Crippen LogP contribution in [-0.4, -0.2) is 43.1 Å². The summed E-state index contributed by atoms with van der Waals surface area (Å²) >= 11 is 0. The number of nitrogens with zero attached hydrogens (tertiary/aromatic N) is 1. The molecule has 0 radical (unpaired) electrons. The number of hydrogen-bond acceptors (Lipinski definition) is 3. The number of nitrogens with one attached hydrogen (secondary N) is 1. The lowest BCUT2D eigenvalue weighted by atomic mass is 10.0. The highest BCUT2D eigenvalue weighted by atomic mass is 16.5. The van der Waals surface area contributed by atoms with Crippen molar-refractivity contribution in [1.82, 2.24) is 10.2 Å². The van der Waals surface area contributed by atoms with Crippen molar-refractivity contribution in [2.75, 3.05) is 26.2 Å². The van der Waals surface area contributed by atoms with E-state index in [0.717, 1.165) is 25.3 Å². The van der Waals surface area contributed by atoms with Gasteiger partial charge in [-0.2, -0.15) is 0 Å². The summed E-state index contributed by atoms with van der Waals surface area (Å²) in [6.07, 6.45) is 3.86.